The van der Waals surface area contributed by atoms with Crippen molar-refractivity contribution < 1.29 is 0 Å². The van der Waals surface area contributed by atoms with Gasteiger partial charge in [-0.3, -0.25) is 9.97 Å². The molecule has 2 N–H and O–H groups in total. The van der Waals surface area contributed by atoms with Crippen LogP contribution < -0.4 is 5.69 Å². The Morgan fingerprint density at radius 1 is 1.21 bits per heavy atom. The summed E-state index contributed by atoms with van der Waals surface area (Å²) in [6, 6.07) is 3.75. The molecule has 0 aromatic carbocycles. The van der Waals surface area contributed by atoms with Gasteiger partial charge in [0.1, 0.15) is 0 Å². The van der Waals surface area contributed by atoms with E-state index in [9.17, 15) is 4.79 Å². The van der Waals surface area contributed by atoms with Gasteiger partial charge in [-0.05, 0) is 26.0 Å². The Bertz CT molecular complexity index is 491. The van der Waals surface area contributed by atoms with E-state index in [1.165, 1.54) is 0 Å². The van der Waals surface area contributed by atoms with Crippen LogP contribution in [0.25, 0.3) is 11.4 Å². The second kappa shape index (κ2) is 3.10. The molecule has 0 aliphatic heterocycles. The van der Waals surface area contributed by atoms with Crippen molar-refractivity contribution in [1.29, 1.82) is 0 Å². The Morgan fingerprint density at radius 2 is 1.86 bits per heavy atom. The molecule has 0 saturated heterocycles. The number of hydrogen-bond acceptors (Lipinski definition) is 3. The molecule has 0 spiro atoms. The van der Waals surface area contributed by atoms with E-state index in [4.69, 9.17) is 0 Å². The first-order chi connectivity index (χ1) is 6.65. The van der Waals surface area contributed by atoms with E-state index in [-0.39, 0.29) is 5.69 Å². The molecule has 0 aliphatic rings. The van der Waals surface area contributed by atoms with Crippen LogP contribution >= 0.6 is 0 Å². The molecular weight excluding hydrogens is 180 g/mol. The zero-order chi connectivity index (χ0) is 10.1. The zero-order valence-corrected chi connectivity index (χ0v) is 7.96. The number of aryl methyl sites for hydroxylation is 2. The number of pyridine rings is 1. The van der Waals surface area contributed by atoms with Crippen LogP contribution in [0.4, 0.5) is 0 Å². The maximum atomic E-state index is 10.8. The quantitative estimate of drug-likeness (QED) is 0.697. The zero-order valence-electron chi connectivity index (χ0n) is 7.96. The minimum atomic E-state index is -0.299. The standard InChI is InChI=1S/C9H10N4O/c1-5-3-7(4-6(2)10-5)8-11-9(14)13-12-8/h3-4H,1-2H3,(H2,11,12,13,14). The van der Waals surface area contributed by atoms with Gasteiger partial charge in [0.25, 0.3) is 0 Å². The van der Waals surface area contributed by atoms with Crippen molar-refractivity contribution in [1.82, 2.24) is 20.2 Å². The summed E-state index contributed by atoms with van der Waals surface area (Å²) < 4.78 is 0. The number of nitrogens with zero attached hydrogens (tertiary/aromatic N) is 2. The van der Waals surface area contributed by atoms with Crippen LogP contribution in [0, 0.1) is 13.8 Å². The molecular formula is C9H10N4O. The highest BCUT2D eigenvalue weighted by molar-refractivity contribution is 5.54. The smallest absolute Gasteiger partial charge is 0.289 e. The van der Waals surface area contributed by atoms with Crippen molar-refractivity contribution >= 4 is 0 Å². The van der Waals surface area contributed by atoms with Crippen molar-refractivity contribution in [2.75, 3.05) is 0 Å². The van der Waals surface area contributed by atoms with Gasteiger partial charge in [0.15, 0.2) is 5.82 Å². The van der Waals surface area contributed by atoms with E-state index in [2.05, 4.69) is 20.2 Å². The molecule has 5 heteroatoms. The highest BCUT2D eigenvalue weighted by atomic mass is 16.1. The summed E-state index contributed by atoms with van der Waals surface area (Å²) in [6.07, 6.45) is 0. The van der Waals surface area contributed by atoms with Gasteiger partial charge in [-0.2, -0.15) is 5.10 Å². The third kappa shape index (κ3) is 1.56. The van der Waals surface area contributed by atoms with E-state index in [1.54, 1.807) is 0 Å². The van der Waals surface area contributed by atoms with Gasteiger partial charge >= 0.3 is 5.69 Å². The monoisotopic (exact) mass is 190 g/mol. The first kappa shape index (κ1) is 8.68. The van der Waals surface area contributed by atoms with Crippen molar-refractivity contribution in [3.05, 3.63) is 34.0 Å². The van der Waals surface area contributed by atoms with Gasteiger partial charge < -0.3 is 0 Å². The number of H-pyrrole nitrogens is 2. The Morgan fingerprint density at radius 3 is 2.36 bits per heavy atom. The molecule has 0 aliphatic carbocycles. The SMILES string of the molecule is Cc1cc(-c2n[nH]c(=O)[nH]2)cc(C)n1. The predicted molar refractivity (Wildman–Crippen MR) is 51.9 cm³/mol. The molecule has 0 radical (unpaired) electrons. The van der Waals surface area contributed by atoms with Crippen LogP contribution in [-0.2, 0) is 0 Å². The highest BCUT2D eigenvalue weighted by Crippen LogP contribution is 2.14. The average molecular weight is 190 g/mol. The lowest BCUT2D eigenvalue weighted by Crippen LogP contribution is -2.00. The van der Waals surface area contributed by atoms with Gasteiger partial charge in [0, 0.05) is 17.0 Å². The molecule has 2 heterocycles. The van der Waals surface area contributed by atoms with Crippen molar-refractivity contribution in [2.24, 2.45) is 0 Å². The lowest BCUT2D eigenvalue weighted by molar-refractivity contribution is 1.05. The predicted octanol–water partition coefficient (Wildman–Crippen LogP) is 0.777. The molecule has 72 valence electrons. The summed E-state index contributed by atoms with van der Waals surface area (Å²) in [7, 11) is 0. The normalized spacial score (nSPS) is 10.4. The van der Waals surface area contributed by atoms with E-state index in [0.29, 0.717) is 5.82 Å². The van der Waals surface area contributed by atoms with Crippen LogP contribution in [0.1, 0.15) is 11.4 Å². The lowest BCUT2D eigenvalue weighted by Gasteiger charge is -1.99. The van der Waals surface area contributed by atoms with Crippen LogP contribution in [0.3, 0.4) is 0 Å². The average Bonchev–Trinajstić information content (AvgIpc) is 2.50. The third-order valence-electron chi connectivity index (χ3n) is 1.86. The molecule has 5 nitrogen and oxygen atoms in total. The Kier molecular flexibility index (Phi) is 1.92. The van der Waals surface area contributed by atoms with E-state index < -0.39 is 0 Å². The number of nitrogens with one attached hydrogen (secondary N) is 2. The minimum Gasteiger partial charge on any atom is -0.289 e. The van der Waals surface area contributed by atoms with E-state index >= 15 is 0 Å². The Labute approximate surface area is 80.2 Å². The molecule has 2 aromatic heterocycles. The number of rotatable bonds is 1. The Hall–Kier alpha value is -1.91. The highest BCUT2D eigenvalue weighted by Gasteiger charge is 2.03. The summed E-state index contributed by atoms with van der Waals surface area (Å²) in [5.41, 5.74) is 2.38. The summed E-state index contributed by atoms with van der Waals surface area (Å²) in [5.74, 6) is 0.545. The van der Waals surface area contributed by atoms with Crippen molar-refractivity contribution in [3.63, 3.8) is 0 Å². The third-order valence-corrected chi connectivity index (χ3v) is 1.86. The van der Waals surface area contributed by atoms with Gasteiger partial charge in [-0.25, -0.2) is 9.89 Å². The Balaban J connectivity index is 2.56. The maximum absolute atomic E-state index is 10.8. The first-order valence-corrected chi connectivity index (χ1v) is 4.25. The fourth-order valence-corrected chi connectivity index (χ4v) is 1.38. The molecule has 0 unspecified atom stereocenters. The largest absolute Gasteiger partial charge is 0.340 e. The van der Waals surface area contributed by atoms with Crippen LogP contribution in [0.15, 0.2) is 16.9 Å². The fraction of sp³-hybridized carbons (Fsp3) is 0.222. The molecule has 0 fully saturated rings. The second-order valence-electron chi connectivity index (χ2n) is 3.16. The molecule has 2 rings (SSSR count). The van der Waals surface area contributed by atoms with Crippen molar-refractivity contribution in [3.8, 4) is 11.4 Å². The molecule has 0 atom stereocenters. The summed E-state index contributed by atoms with van der Waals surface area (Å²) in [6.45, 7) is 3.81. The number of aromatic nitrogens is 4. The van der Waals surface area contributed by atoms with E-state index in [1.807, 2.05) is 26.0 Å². The topological polar surface area (TPSA) is 74.4 Å². The van der Waals surface area contributed by atoms with Crippen LogP contribution in [0.2, 0.25) is 0 Å². The maximum Gasteiger partial charge on any atom is 0.340 e. The fourth-order valence-electron chi connectivity index (χ4n) is 1.38. The summed E-state index contributed by atoms with van der Waals surface area (Å²) in [5, 5.41) is 6.17. The van der Waals surface area contributed by atoms with Gasteiger partial charge in [0.05, 0.1) is 0 Å². The number of hydrogen-bond donors (Lipinski definition) is 2. The van der Waals surface area contributed by atoms with Gasteiger partial charge in [0.2, 0.25) is 0 Å². The van der Waals surface area contributed by atoms with Gasteiger partial charge in [-0.15, -0.1) is 0 Å². The van der Waals surface area contributed by atoms with E-state index in [0.717, 1.165) is 17.0 Å². The summed E-state index contributed by atoms with van der Waals surface area (Å²) >= 11 is 0. The van der Waals surface area contributed by atoms with Crippen LogP contribution in [-0.4, -0.2) is 20.2 Å². The molecule has 0 saturated carbocycles. The molecule has 2 aromatic rings. The molecule has 14 heavy (non-hydrogen) atoms. The van der Waals surface area contributed by atoms with Gasteiger partial charge in [-0.1, -0.05) is 0 Å². The lowest BCUT2D eigenvalue weighted by atomic mass is 10.2. The molecule has 0 amide bonds. The van der Waals surface area contributed by atoms with Crippen molar-refractivity contribution in [2.45, 2.75) is 13.8 Å². The second-order valence-corrected chi connectivity index (χ2v) is 3.16. The number of aromatic amines is 2. The minimum absolute atomic E-state index is 0.299. The molecule has 0 bridgehead atoms. The summed E-state index contributed by atoms with van der Waals surface area (Å²) in [4.78, 5) is 17.7. The van der Waals surface area contributed by atoms with Crippen LogP contribution in [0.5, 0.6) is 0 Å². The first-order valence-electron chi connectivity index (χ1n) is 4.25.